The third kappa shape index (κ3) is 3.56. The van der Waals surface area contributed by atoms with Crippen molar-refractivity contribution in [2.75, 3.05) is 13.1 Å². The van der Waals surface area contributed by atoms with Gasteiger partial charge in [0, 0.05) is 24.0 Å². The van der Waals surface area contributed by atoms with E-state index >= 15 is 0 Å². The van der Waals surface area contributed by atoms with E-state index in [9.17, 15) is 14.0 Å². The Balaban J connectivity index is 1.88. The molecule has 2 rings (SSSR count). The number of benzene rings is 1. The number of nitrogens with two attached hydrogens (primary N) is 1. The van der Waals surface area contributed by atoms with E-state index in [1.165, 1.54) is 6.07 Å². The maximum atomic E-state index is 13.6. The van der Waals surface area contributed by atoms with Crippen molar-refractivity contribution in [1.82, 2.24) is 4.90 Å². The molecular weight excluding hydrogens is 327 g/mol. The quantitative estimate of drug-likeness (QED) is 0.907. The molecular formula is C14H16BrFN2O2. The van der Waals surface area contributed by atoms with Crippen molar-refractivity contribution >= 4 is 27.7 Å². The highest BCUT2D eigenvalue weighted by atomic mass is 79.9. The van der Waals surface area contributed by atoms with Gasteiger partial charge in [-0.3, -0.25) is 9.59 Å². The van der Waals surface area contributed by atoms with Crippen LogP contribution in [-0.2, 0) is 16.0 Å². The summed E-state index contributed by atoms with van der Waals surface area (Å²) in [5.74, 6) is -0.984. The van der Waals surface area contributed by atoms with Gasteiger partial charge >= 0.3 is 0 Å². The van der Waals surface area contributed by atoms with E-state index < -0.39 is 0 Å². The van der Waals surface area contributed by atoms with Gasteiger partial charge in [-0.05, 0) is 30.5 Å². The van der Waals surface area contributed by atoms with Crippen LogP contribution in [0.5, 0.6) is 0 Å². The Morgan fingerprint density at radius 3 is 2.80 bits per heavy atom. The number of amides is 2. The zero-order valence-electron chi connectivity index (χ0n) is 10.9. The Labute approximate surface area is 125 Å². The van der Waals surface area contributed by atoms with Gasteiger partial charge < -0.3 is 10.6 Å². The highest BCUT2D eigenvalue weighted by Crippen LogP contribution is 2.19. The second-order valence-corrected chi connectivity index (χ2v) is 5.88. The Morgan fingerprint density at radius 2 is 2.20 bits per heavy atom. The molecule has 0 unspecified atom stereocenters. The molecule has 4 nitrogen and oxygen atoms in total. The Hall–Kier alpha value is -1.43. The molecule has 1 atom stereocenters. The fourth-order valence-corrected chi connectivity index (χ4v) is 2.68. The van der Waals surface area contributed by atoms with E-state index in [0.717, 1.165) is 0 Å². The predicted molar refractivity (Wildman–Crippen MR) is 76.3 cm³/mol. The normalized spacial score (nSPS) is 18.3. The van der Waals surface area contributed by atoms with Gasteiger partial charge in [-0.2, -0.15) is 0 Å². The number of halogens is 2. The molecule has 6 heteroatoms. The van der Waals surface area contributed by atoms with Crippen molar-refractivity contribution < 1.29 is 14.0 Å². The molecule has 1 saturated heterocycles. The van der Waals surface area contributed by atoms with E-state index in [0.29, 0.717) is 36.0 Å². The molecule has 1 aromatic rings. The first-order chi connectivity index (χ1) is 9.47. The van der Waals surface area contributed by atoms with Crippen LogP contribution in [0.3, 0.4) is 0 Å². The zero-order valence-corrected chi connectivity index (χ0v) is 12.5. The summed E-state index contributed by atoms with van der Waals surface area (Å²) in [5.41, 5.74) is 5.75. The average molecular weight is 343 g/mol. The fourth-order valence-electron chi connectivity index (χ4n) is 2.34. The summed E-state index contributed by atoms with van der Waals surface area (Å²) in [6.45, 7) is 0.937. The molecule has 0 aromatic heterocycles. The second kappa shape index (κ2) is 6.35. The van der Waals surface area contributed by atoms with Crippen LogP contribution in [0.1, 0.15) is 18.4 Å². The van der Waals surface area contributed by atoms with Crippen LogP contribution in [-0.4, -0.2) is 29.8 Å². The maximum Gasteiger partial charge on any atom is 0.222 e. The largest absolute Gasteiger partial charge is 0.369 e. The van der Waals surface area contributed by atoms with Crippen molar-refractivity contribution in [3.63, 3.8) is 0 Å². The van der Waals surface area contributed by atoms with Gasteiger partial charge in [0.1, 0.15) is 5.82 Å². The van der Waals surface area contributed by atoms with Gasteiger partial charge in [0.15, 0.2) is 0 Å². The van der Waals surface area contributed by atoms with Crippen LogP contribution in [0.25, 0.3) is 0 Å². The molecule has 2 amide bonds. The molecule has 2 N–H and O–H groups in total. The van der Waals surface area contributed by atoms with Gasteiger partial charge in [-0.15, -0.1) is 0 Å². The Kier molecular flexibility index (Phi) is 4.75. The van der Waals surface area contributed by atoms with Crippen molar-refractivity contribution in [2.24, 2.45) is 11.7 Å². The topological polar surface area (TPSA) is 63.4 Å². The molecule has 0 saturated carbocycles. The molecule has 1 aromatic carbocycles. The molecule has 108 valence electrons. The van der Waals surface area contributed by atoms with E-state index in [2.05, 4.69) is 15.9 Å². The summed E-state index contributed by atoms with van der Waals surface area (Å²) in [4.78, 5) is 24.7. The van der Waals surface area contributed by atoms with E-state index in [1.807, 2.05) is 0 Å². The summed E-state index contributed by atoms with van der Waals surface area (Å²) >= 11 is 3.19. The zero-order chi connectivity index (χ0) is 14.7. The lowest BCUT2D eigenvalue weighted by Crippen LogP contribution is -2.31. The standard InChI is InChI=1S/C14H16BrFN2O2/c15-11-3-1-9(12(16)7-11)2-4-13(19)18-6-5-10(8-18)14(17)20/h1,3,7,10H,2,4-6,8H2,(H2,17,20)/t10-/m1/s1. The summed E-state index contributed by atoms with van der Waals surface area (Å²) in [7, 11) is 0. The van der Waals surface area contributed by atoms with Crippen LogP contribution < -0.4 is 5.73 Å². The summed E-state index contributed by atoms with van der Waals surface area (Å²) in [5, 5.41) is 0. The first-order valence-corrected chi connectivity index (χ1v) is 7.27. The van der Waals surface area contributed by atoms with E-state index in [4.69, 9.17) is 5.73 Å². The predicted octanol–water partition coefficient (Wildman–Crippen LogP) is 1.85. The highest BCUT2D eigenvalue weighted by molar-refractivity contribution is 9.10. The van der Waals surface area contributed by atoms with E-state index in [-0.39, 0.29) is 30.0 Å². The minimum atomic E-state index is -0.362. The molecule has 1 aliphatic rings. The lowest BCUT2D eigenvalue weighted by atomic mass is 10.1. The summed E-state index contributed by atoms with van der Waals surface area (Å²) in [6, 6.07) is 4.81. The number of aryl methyl sites for hydroxylation is 1. The van der Waals surface area contributed by atoms with Crippen molar-refractivity contribution in [1.29, 1.82) is 0 Å². The number of hydrogen-bond acceptors (Lipinski definition) is 2. The van der Waals surface area contributed by atoms with Crippen LogP contribution >= 0.6 is 15.9 Å². The Bertz CT molecular complexity index is 536. The SMILES string of the molecule is NC(=O)[C@@H]1CCN(C(=O)CCc2ccc(Br)cc2F)C1. The lowest BCUT2D eigenvalue weighted by Gasteiger charge is -2.16. The van der Waals surface area contributed by atoms with Crippen molar-refractivity contribution in [3.8, 4) is 0 Å². The van der Waals surface area contributed by atoms with Crippen LogP contribution in [0, 0.1) is 11.7 Å². The van der Waals surface area contributed by atoms with Gasteiger partial charge in [-0.25, -0.2) is 4.39 Å². The van der Waals surface area contributed by atoms with Gasteiger partial charge in [0.2, 0.25) is 11.8 Å². The first-order valence-electron chi connectivity index (χ1n) is 6.48. The molecule has 0 aliphatic carbocycles. The molecule has 1 heterocycles. The number of carbonyl (C=O) groups excluding carboxylic acids is 2. The van der Waals surface area contributed by atoms with Crippen LogP contribution in [0.15, 0.2) is 22.7 Å². The number of carbonyl (C=O) groups is 2. The monoisotopic (exact) mass is 342 g/mol. The smallest absolute Gasteiger partial charge is 0.222 e. The molecule has 20 heavy (non-hydrogen) atoms. The molecule has 1 fully saturated rings. The minimum Gasteiger partial charge on any atom is -0.369 e. The number of primary amides is 1. The van der Waals surface area contributed by atoms with Crippen molar-refractivity contribution in [3.05, 3.63) is 34.1 Å². The molecule has 1 aliphatic heterocycles. The fraction of sp³-hybridized carbons (Fsp3) is 0.429. The maximum absolute atomic E-state index is 13.6. The van der Waals surface area contributed by atoms with Gasteiger partial charge in [-0.1, -0.05) is 22.0 Å². The second-order valence-electron chi connectivity index (χ2n) is 4.96. The lowest BCUT2D eigenvalue weighted by molar-refractivity contribution is -0.130. The first kappa shape index (κ1) is 15.0. The number of likely N-dealkylation sites (tertiary alicyclic amines) is 1. The summed E-state index contributed by atoms with van der Waals surface area (Å²) in [6.07, 6.45) is 1.22. The summed E-state index contributed by atoms with van der Waals surface area (Å²) < 4.78 is 14.3. The third-order valence-corrected chi connectivity index (χ3v) is 4.06. The van der Waals surface area contributed by atoms with E-state index in [1.54, 1.807) is 17.0 Å². The van der Waals surface area contributed by atoms with Crippen LogP contribution in [0.2, 0.25) is 0 Å². The molecule has 0 radical (unpaired) electrons. The minimum absolute atomic E-state index is 0.0592. The van der Waals surface area contributed by atoms with Crippen molar-refractivity contribution in [2.45, 2.75) is 19.3 Å². The number of nitrogens with zero attached hydrogens (tertiary/aromatic N) is 1. The number of hydrogen-bond donors (Lipinski definition) is 1. The van der Waals surface area contributed by atoms with Gasteiger partial charge in [0.05, 0.1) is 5.92 Å². The van der Waals surface area contributed by atoms with Crippen LogP contribution in [0.4, 0.5) is 4.39 Å². The average Bonchev–Trinajstić information content (AvgIpc) is 2.87. The molecule has 0 bridgehead atoms. The van der Waals surface area contributed by atoms with Gasteiger partial charge in [0.25, 0.3) is 0 Å². The Morgan fingerprint density at radius 1 is 1.45 bits per heavy atom. The third-order valence-electron chi connectivity index (χ3n) is 3.57. The number of rotatable bonds is 4. The molecule has 0 spiro atoms. The highest BCUT2D eigenvalue weighted by Gasteiger charge is 2.29.